The van der Waals surface area contributed by atoms with Gasteiger partial charge in [0, 0.05) is 11.1 Å². The molecule has 0 fully saturated rings. The van der Waals surface area contributed by atoms with Crippen molar-refractivity contribution in [3.05, 3.63) is 64.5 Å². The van der Waals surface area contributed by atoms with Gasteiger partial charge in [-0.25, -0.2) is 9.97 Å². The Hall–Kier alpha value is -2.99. The lowest BCUT2D eigenvalue weighted by Crippen LogP contribution is -2.14. The summed E-state index contributed by atoms with van der Waals surface area (Å²) < 4.78 is 0. The number of aromatic nitrogens is 3. The highest BCUT2D eigenvalue weighted by Gasteiger charge is 2.09. The summed E-state index contributed by atoms with van der Waals surface area (Å²) in [6, 6.07) is 13.9. The monoisotopic (exact) mass is 376 g/mol. The van der Waals surface area contributed by atoms with E-state index in [2.05, 4.69) is 46.2 Å². The maximum atomic E-state index is 12.4. The summed E-state index contributed by atoms with van der Waals surface area (Å²) in [6.45, 7) is 4.32. The third-order valence-electron chi connectivity index (χ3n) is 4.45. The van der Waals surface area contributed by atoms with E-state index < -0.39 is 0 Å². The van der Waals surface area contributed by atoms with Crippen LogP contribution in [0.25, 0.3) is 22.6 Å². The second-order valence-corrected chi connectivity index (χ2v) is 7.53. The van der Waals surface area contributed by atoms with E-state index in [0.29, 0.717) is 12.3 Å². The molecule has 1 amide bonds. The van der Waals surface area contributed by atoms with Crippen molar-refractivity contribution in [1.29, 1.82) is 0 Å². The number of amides is 1. The zero-order valence-corrected chi connectivity index (χ0v) is 16.0. The van der Waals surface area contributed by atoms with Crippen LogP contribution >= 0.6 is 11.3 Å². The van der Waals surface area contributed by atoms with E-state index >= 15 is 0 Å². The third-order valence-corrected chi connectivity index (χ3v) is 5.04. The minimum atomic E-state index is -0.0399. The molecule has 6 heteroatoms. The highest BCUT2D eigenvalue weighted by atomic mass is 32.1. The van der Waals surface area contributed by atoms with Crippen molar-refractivity contribution >= 4 is 34.0 Å². The topological polar surface area (TPSA) is 70.7 Å². The Labute approximate surface area is 161 Å². The SMILES string of the molecule is CC(C)c1ccc(CC(=O)Nc2ccc3[nH]c(-c4cscn4)nc3c2)cc1. The number of carbonyl (C=O) groups excluding carboxylic acids is 1. The van der Waals surface area contributed by atoms with E-state index in [9.17, 15) is 4.79 Å². The Morgan fingerprint density at radius 2 is 2.00 bits per heavy atom. The average Bonchev–Trinajstić information content (AvgIpc) is 3.31. The van der Waals surface area contributed by atoms with Crippen LogP contribution in [0.4, 0.5) is 5.69 Å². The molecular weight excluding hydrogens is 356 g/mol. The van der Waals surface area contributed by atoms with Crippen molar-refractivity contribution < 1.29 is 4.79 Å². The number of benzene rings is 2. The van der Waals surface area contributed by atoms with Gasteiger partial charge < -0.3 is 10.3 Å². The van der Waals surface area contributed by atoms with Gasteiger partial charge in [-0.15, -0.1) is 11.3 Å². The molecule has 0 bridgehead atoms. The number of nitrogens with zero attached hydrogens (tertiary/aromatic N) is 2. The summed E-state index contributed by atoms with van der Waals surface area (Å²) in [5.74, 6) is 1.18. The number of nitrogens with one attached hydrogen (secondary N) is 2. The number of fused-ring (bicyclic) bond motifs is 1. The van der Waals surface area contributed by atoms with Crippen LogP contribution in [0.3, 0.4) is 0 Å². The fourth-order valence-electron chi connectivity index (χ4n) is 2.95. The van der Waals surface area contributed by atoms with Gasteiger partial charge in [0.15, 0.2) is 5.82 Å². The van der Waals surface area contributed by atoms with Gasteiger partial charge in [0.05, 0.1) is 23.0 Å². The van der Waals surface area contributed by atoms with Gasteiger partial charge in [-0.3, -0.25) is 4.79 Å². The highest BCUT2D eigenvalue weighted by Crippen LogP contribution is 2.23. The van der Waals surface area contributed by atoms with Gasteiger partial charge in [-0.1, -0.05) is 38.1 Å². The van der Waals surface area contributed by atoms with Crippen LogP contribution < -0.4 is 5.32 Å². The van der Waals surface area contributed by atoms with Crippen LogP contribution in [0.15, 0.2) is 53.4 Å². The van der Waals surface area contributed by atoms with E-state index in [0.717, 1.165) is 33.8 Å². The molecule has 4 rings (SSSR count). The van der Waals surface area contributed by atoms with Gasteiger partial charge in [0.2, 0.25) is 5.91 Å². The average molecular weight is 376 g/mol. The molecule has 2 aromatic carbocycles. The molecule has 0 saturated carbocycles. The summed E-state index contributed by atoms with van der Waals surface area (Å²) >= 11 is 1.53. The second-order valence-electron chi connectivity index (χ2n) is 6.81. The molecule has 0 saturated heterocycles. The number of hydrogen-bond acceptors (Lipinski definition) is 4. The van der Waals surface area contributed by atoms with Crippen molar-refractivity contribution in [2.24, 2.45) is 0 Å². The molecule has 27 heavy (non-hydrogen) atoms. The van der Waals surface area contributed by atoms with E-state index in [1.54, 1.807) is 5.51 Å². The lowest BCUT2D eigenvalue weighted by Gasteiger charge is -2.08. The number of imidazole rings is 1. The van der Waals surface area contributed by atoms with Crippen LogP contribution in [0.2, 0.25) is 0 Å². The number of carbonyl (C=O) groups is 1. The Morgan fingerprint density at radius 3 is 2.70 bits per heavy atom. The van der Waals surface area contributed by atoms with Crippen LogP contribution in [0.5, 0.6) is 0 Å². The molecule has 2 N–H and O–H groups in total. The summed E-state index contributed by atoms with van der Waals surface area (Å²) in [5, 5.41) is 4.91. The molecule has 5 nitrogen and oxygen atoms in total. The maximum absolute atomic E-state index is 12.4. The lowest BCUT2D eigenvalue weighted by atomic mass is 10.0. The highest BCUT2D eigenvalue weighted by molar-refractivity contribution is 7.07. The smallest absolute Gasteiger partial charge is 0.228 e. The normalized spacial score (nSPS) is 11.2. The van der Waals surface area contributed by atoms with Crippen LogP contribution in [0, 0.1) is 0 Å². The molecule has 0 radical (unpaired) electrons. The first kappa shape index (κ1) is 17.4. The first-order valence-corrected chi connectivity index (χ1v) is 9.80. The number of anilines is 1. The van der Waals surface area contributed by atoms with Gasteiger partial charge in [0.1, 0.15) is 5.69 Å². The Kier molecular flexibility index (Phi) is 4.73. The molecule has 0 atom stereocenters. The number of thiazole rings is 1. The Bertz CT molecular complexity index is 1070. The van der Waals surface area contributed by atoms with E-state index in [1.807, 2.05) is 35.7 Å². The zero-order chi connectivity index (χ0) is 18.8. The van der Waals surface area contributed by atoms with Crippen molar-refractivity contribution in [2.75, 3.05) is 5.32 Å². The van der Waals surface area contributed by atoms with E-state index in [1.165, 1.54) is 16.9 Å². The fraction of sp³-hybridized carbons (Fsp3) is 0.190. The van der Waals surface area contributed by atoms with Crippen molar-refractivity contribution in [1.82, 2.24) is 15.0 Å². The first-order valence-electron chi connectivity index (χ1n) is 8.85. The molecular formula is C21H20N4OS. The van der Waals surface area contributed by atoms with Crippen molar-refractivity contribution in [2.45, 2.75) is 26.2 Å². The number of rotatable bonds is 5. The number of hydrogen-bond donors (Lipinski definition) is 2. The van der Waals surface area contributed by atoms with Crippen molar-refractivity contribution in [3.63, 3.8) is 0 Å². The first-order chi connectivity index (χ1) is 13.1. The summed E-state index contributed by atoms with van der Waals surface area (Å²) in [4.78, 5) is 24.5. The largest absolute Gasteiger partial charge is 0.337 e. The standard InChI is InChI=1S/C21H20N4OS/c1-13(2)15-5-3-14(4-6-15)9-20(26)23-16-7-8-17-18(10-16)25-21(24-17)19-11-27-12-22-19/h3-8,10-13H,9H2,1-2H3,(H,23,26)(H,24,25). The summed E-state index contributed by atoms with van der Waals surface area (Å²) in [6.07, 6.45) is 0.348. The predicted octanol–water partition coefficient (Wildman–Crippen LogP) is 4.99. The molecule has 0 unspecified atom stereocenters. The minimum Gasteiger partial charge on any atom is -0.337 e. The lowest BCUT2D eigenvalue weighted by molar-refractivity contribution is -0.115. The molecule has 2 aromatic heterocycles. The number of aromatic amines is 1. The molecule has 0 spiro atoms. The zero-order valence-electron chi connectivity index (χ0n) is 15.2. The second kappa shape index (κ2) is 7.32. The van der Waals surface area contributed by atoms with Crippen LogP contribution in [-0.2, 0) is 11.2 Å². The van der Waals surface area contributed by atoms with E-state index in [4.69, 9.17) is 0 Å². The summed E-state index contributed by atoms with van der Waals surface area (Å²) in [5.41, 5.74) is 7.34. The molecule has 2 heterocycles. The number of H-pyrrole nitrogens is 1. The quantitative estimate of drug-likeness (QED) is 0.515. The Morgan fingerprint density at radius 1 is 1.19 bits per heavy atom. The third kappa shape index (κ3) is 3.90. The predicted molar refractivity (Wildman–Crippen MR) is 110 cm³/mol. The van der Waals surface area contributed by atoms with Gasteiger partial charge in [-0.2, -0.15) is 0 Å². The Balaban J connectivity index is 1.46. The van der Waals surface area contributed by atoms with E-state index in [-0.39, 0.29) is 5.91 Å². The van der Waals surface area contributed by atoms with Gasteiger partial charge >= 0.3 is 0 Å². The molecule has 0 aliphatic carbocycles. The minimum absolute atomic E-state index is 0.0399. The van der Waals surface area contributed by atoms with Crippen molar-refractivity contribution in [3.8, 4) is 11.5 Å². The van der Waals surface area contributed by atoms with Gasteiger partial charge in [-0.05, 0) is 35.2 Å². The summed E-state index contributed by atoms with van der Waals surface area (Å²) in [7, 11) is 0. The van der Waals surface area contributed by atoms with Crippen LogP contribution in [0.1, 0.15) is 30.9 Å². The molecule has 136 valence electrons. The fourth-order valence-corrected chi connectivity index (χ4v) is 3.48. The molecule has 4 aromatic rings. The van der Waals surface area contributed by atoms with Gasteiger partial charge in [0.25, 0.3) is 0 Å². The molecule has 0 aliphatic heterocycles. The maximum Gasteiger partial charge on any atom is 0.228 e. The van der Waals surface area contributed by atoms with Crippen LogP contribution in [-0.4, -0.2) is 20.9 Å². The molecule has 0 aliphatic rings.